The number of thioether (sulfide) groups is 2. The number of carboxylic acid groups (broad SMARTS) is 1. The minimum absolute atomic E-state index is 0.218. The first-order valence-electron chi connectivity index (χ1n) is 17.3. The average Bonchev–Trinajstić information content (AvgIpc) is 3.63. The molecule has 2 heterocycles. The van der Waals surface area contributed by atoms with Crippen LogP contribution in [-0.2, 0) is 36.8 Å². The zero-order valence-electron chi connectivity index (χ0n) is 30.9. The van der Waals surface area contributed by atoms with Crippen molar-refractivity contribution in [2.45, 2.75) is 81.3 Å². The smallest absolute Gasteiger partial charge is 0.453 e. The molecule has 3 aromatic rings. The molecule has 54 heavy (non-hydrogen) atoms. The summed E-state index contributed by atoms with van der Waals surface area (Å²) >= 11 is 3.07. The van der Waals surface area contributed by atoms with Gasteiger partial charge in [0.1, 0.15) is 36.7 Å². The molecule has 4 rings (SSSR count). The Labute approximate surface area is 321 Å². The summed E-state index contributed by atoms with van der Waals surface area (Å²) in [5, 5.41) is 14.6. The van der Waals surface area contributed by atoms with Crippen molar-refractivity contribution in [1.29, 1.82) is 0 Å². The van der Waals surface area contributed by atoms with E-state index in [0.717, 1.165) is 26.6 Å². The predicted molar refractivity (Wildman–Crippen MR) is 206 cm³/mol. The second kappa shape index (κ2) is 18.7. The van der Waals surface area contributed by atoms with Crippen LogP contribution in [0.15, 0.2) is 80.2 Å². The van der Waals surface area contributed by atoms with Crippen LogP contribution in [0.25, 0.3) is 0 Å². The lowest BCUT2D eigenvalue weighted by atomic mass is 10.0. The van der Waals surface area contributed by atoms with Crippen molar-refractivity contribution >= 4 is 54.8 Å². The molecule has 18 heteroatoms. The Hall–Kier alpha value is -4.47. The molecule has 1 aliphatic heterocycles. The highest BCUT2D eigenvalue weighted by molar-refractivity contribution is 7.98. The van der Waals surface area contributed by atoms with Gasteiger partial charge in [-0.2, -0.15) is 0 Å². The number of nitrogens with one attached hydrogen (secondary N) is 2. The van der Waals surface area contributed by atoms with Crippen molar-refractivity contribution in [2.75, 3.05) is 19.1 Å². The van der Waals surface area contributed by atoms with Gasteiger partial charge < -0.3 is 29.7 Å². The van der Waals surface area contributed by atoms with E-state index >= 15 is 0 Å². The van der Waals surface area contributed by atoms with Gasteiger partial charge in [0.05, 0.1) is 0 Å². The average molecular weight is 804 g/mol. The van der Waals surface area contributed by atoms with Crippen LogP contribution >= 0.6 is 31.1 Å². The lowest BCUT2D eigenvalue weighted by Crippen LogP contribution is -2.57. The van der Waals surface area contributed by atoms with Crippen molar-refractivity contribution in [3.8, 4) is 11.5 Å². The maximum atomic E-state index is 14.9. The van der Waals surface area contributed by atoms with Crippen molar-refractivity contribution in [1.82, 2.24) is 24.7 Å². The van der Waals surface area contributed by atoms with Crippen LogP contribution in [0.4, 0.5) is 0 Å². The Kier molecular flexibility index (Phi) is 14.7. The number of benzene rings is 2. The predicted octanol–water partition coefficient (Wildman–Crippen LogP) is 4.12. The maximum absolute atomic E-state index is 14.9. The van der Waals surface area contributed by atoms with E-state index in [2.05, 4.69) is 10.6 Å². The molecule has 0 bridgehead atoms. The number of amides is 3. The van der Waals surface area contributed by atoms with Crippen LogP contribution in [0, 0.1) is 11.8 Å². The summed E-state index contributed by atoms with van der Waals surface area (Å²) in [6.07, 6.45) is 5.73. The molecule has 0 radical (unpaired) electrons. The Morgan fingerprint density at radius 1 is 0.852 bits per heavy atom. The highest BCUT2D eigenvalue weighted by atomic mass is 32.2. The number of carbonyl (C=O) groups is 4. The molecule has 1 aromatic heterocycles. The zero-order chi connectivity index (χ0) is 39.7. The zero-order valence-corrected chi connectivity index (χ0v) is 33.5. The van der Waals surface area contributed by atoms with Gasteiger partial charge in [0.25, 0.3) is 5.56 Å². The van der Waals surface area contributed by atoms with Gasteiger partial charge in [-0.05, 0) is 85.7 Å². The molecule has 0 spiro atoms. The van der Waals surface area contributed by atoms with Gasteiger partial charge in [0, 0.05) is 28.6 Å². The first-order valence-corrected chi connectivity index (χ1v) is 21.3. The van der Waals surface area contributed by atoms with Crippen LogP contribution in [0.3, 0.4) is 0 Å². The summed E-state index contributed by atoms with van der Waals surface area (Å²) in [7, 11) is -4.21. The Morgan fingerprint density at radius 3 is 1.89 bits per heavy atom. The van der Waals surface area contributed by atoms with E-state index in [-0.39, 0.29) is 18.0 Å². The molecular weight excluding hydrogens is 758 g/mol. The van der Waals surface area contributed by atoms with E-state index in [9.17, 15) is 33.3 Å². The summed E-state index contributed by atoms with van der Waals surface area (Å²) in [5.74, 6) is -4.69. The molecule has 1 aliphatic rings. The standard InChI is InChI=1S/C36H46N5O10PS2/c1-22(2)32(37-29(42)20-39-19-17-30(43)41(36(39)48)21-31(44)45)35(47)40-18-7-8-28(40)33(46)38-34(23(3)4)52(49,50-24-9-13-26(53-5)14-10-24)51-25-11-15-27(54-6)16-12-25/h9-17,19,22-23,28,32,34H,7-8,18,20-21H2,1-6H3,(H,37,42)(H,38,46)(H,44,45)/t28-,32-,34+/m0/s1. The van der Waals surface area contributed by atoms with E-state index in [1.165, 1.54) is 28.4 Å². The van der Waals surface area contributed by atoms with Crippen LogP contribution < -0.4 is 30.9 Å². The Morgan fingerprint density at radius 2 is 1.41 bits per heavy atom. The number of nitrogens with zero attached hydrogens (tertiary/aromatic N) is 3. The molecule has 0 aliphatic carbocycles. The van der Waals surface area contributed by atoms with Crippen molar-refractivity contribution < 1.29 is 37.9 Å². The Balaban J connectivity index is 1.56. The summed E-state index contributed by atoms with van der Waals surface area (Å²) in [6.45, 7) is 5.72. The van der Waals surface area contributed by atoms with E-state index in [4.69, 9.17) is 14.2 Å². The van der Waals surface area contributed by atoms with E-state index < -0.39 is 85.3 Å². The van der Waals surface area contributed by atoms with Crippen LogP contribution in [0.2, 0.25) is 0 Å². The van der Waals surface area contributed by atoms with Crippen LogP contribution in [-0.4, -0.2) is 79.8 Å². The summed E-state index contributed by atoms with van der Waals surface area (Å²) in [6, 6.07) is 12.9. The molecular formula is C36H46N5O10PS2. The molecule has 3 amide bonds. The van der Waals surface area contributed by atoms with E-state index in [1.54, 1.807) is 52.0 Å². The third kappa shape index (κ3) is 10.6. The number of carboxylic acids is 1. The highest BCUT2D eigenvalue weighted by Crippen LogP contribution is 2.54. The third-order valence-electron chi connectivity index (χ3n) is 8.68. The van der Waals surface area contributed by atoms with E-state index in [0.29, 0.717) is 17.4 Å². The number of likely N-dealkylation sites (tertiary alicyclic amines) is 1. The Bertz CT molecular complexity index is 1930. The highest BCUT2D eigenvalue weighted by Gasteiger charge is 2.46. The van der Waals surface area contributed by atoms with Crippen molar-refractivity contribution in [3.63, 3.8) is 0 Å². The van der Waals surface area contributed by atoms with Gasteiger partial charge in [-0.25, -0.2) is 13.9 Å². The normalized spacial score (nSPS) is 15.5. The quantitative estimate of drug-likeness (QED) is 0.131. The van der Waals surface area contributed by atoms with E-state index in [1.807, 2.05) is 36.8 Å². The van der Waals surface area contributed by atoms with Crippen molar-refractivity contribution in [2.24, 2.45) is 11.8 Å². The van der Waals surface area contributed by atoms with Gasteiger partial charge >= 0.3 is 19.3 Å². The second-order valence-electron chi connectivity index (χ2n) is 13.3. The lowest BCUT2D eigenvalue weighted by Gasteiger charge is -2.34. The van der Waals surface area contributed by atoms with Gasteiger partial charge in [-0.1, -0.05) is 27.7 Å². The molecule has 0 saturated carbocycles. The number of aliphatic carboxylic acids is 1. The summed E-state index contributed by atoms with van der Waals surface area (Å²) in [5.41, 5.74) is -1.83. The van der Waals surface area contributed by atoms with Gasteiger partial charge in [0.15, 0.2) is 5.78 Å². The topological polar surface area (TPSA) is 195 Å². The second-order valence-corrected chi connectivity index (χ2v) is 17.1. The van der Waals surface area contributed by atoms with Gasteiger partial charge in [-0.3, -0.25) is 28.5 Å². The molecule has 3 N–H and O–H groups in total. The number of carbonyl (C=O) groups excluding carboxylic acids is 3. The minimum Gasteiger partial charge on any atom is -0.480 e. The molecule has 1 saturated heterocycles. The monoisotopic (exact) mass is 803 g/mol. The minimum atomic E-state index is -4.21. The largest absolute Gasteiger partial charge is 0.480 e. The van der Waals surface area contributed by atoms with Crippen LogP contribution in [0.5, 0.6) is 11.5 Å². The number of aromatic nitrogens is 2. The SMILES string of the molecule is CSc1ccc(OP(=O)(Oc2ccc(SC)cc2)[C@@H](NC(=O)[C@@H]2CCCN2C(=O)[C@@H](NC(=O)Cn2ccc(=O)n(CC(=O)O)c2=O)C(C)C)C(C)C)cc1. The number of hydrogen-bond donors (Lipinski definition) is 3. The summed E-state index contributed by atoms with van der Waals surface area (Å²) in [4.78, 5) is 80.5. The lowest BCUT2D eigenvalue weighted by molar-refractivity contribution is -0.142. The molecule has 15 nitrogen and oxygen atoms in total. The third-order valence-corrected chi connectivity index (χ3v) is 12.5. The molecule has 2 aromatic carbocycles. The molecule has 1 fully saturated rings. The molecule has 292 valence electrons. The number of hydrogen-bond acceptors (Lipinski definition) is 11. The summed E-state index contributed by atoms with van der Waals surface area (Å²) < 4.78 is 28.5. The number of rotatable bonds is 17. The van der Waals surface area contributed by atoms with Gasteiger partial charge in [0.2, 0.25) is 17.7 Å². The van der Waals surface area contributed by atoms with Crippen molar-refractivity contribution in [3.05, 3.63) is 81.6 Å². The van der Waals surface area contributed by atoms with Crippen LogP contribution in [0.1, 0.15) is 40.5 Å². The molecule has 3 atom stereocenters. The first-order chi connectivity index (χ1) is 25.6. The fourth-order valence-corrected chi connectivity index (χ4v) is 8.81. The molecule has 0 unspecified atom stereocenters. The van der Waals surface area contributed by atoms with Gasteiger partial charge in [-0.15, -0.1) is 23.5 Å². The maximum Gasteiger partial charge on any atom is 0.453 e. The first kappa shape index (κ1) is 42.3. The fraction of sp³-hybridized carbons (Fsp3) is 0.444. The fourth-order valence-electron chi connectivity index (χ4n) is 5.88.